The number of aromatic carboxylic acids is 2. The molecule has 3 aromatic carbocycles. The molecule has 0 amide bonds. The first-order chi connectivity index (χ1) is 13.6. The number of carbonyl (C=O) groups is 2. The number of hydrogen-bond acceptors (Lipinski definition) is 7. The fraction of sp³-hybridized carbons (Fsp3) is 0. The molecule has 11 heteroatoms. The zero-order valence-corrected chi connectivity index (χ0v) is 15.3. The molecule has 0 aliphatic heterocycles. The normalized spacial score (nSPS) is 11.8. The largest absolute Gasteiger partial charge is 0.478 e. The molecule has 5 N–H and O–H groups in total. The van der Waals surface area contributed by atoms with Crippen molar-refractivity contribution in [2.24, 2.45) is 10.2 Å². The van der Waals surface area contributed by atoms with E-state index in [9.17, 15) is 22.6 Å². The molecule has 0 unspecified atom stereocenters. The SMILES string of the molecule is Nc1ccc(N=Nc2cc(C(=O)O)cc(C(=O)O)c2)c2ccc(S(=O)(=O)O)cc12. The molecule has 3 aromatic rings. The lowest BCUT2D eigenvalue weighted by Gasteiger charge is -2.07. The van der Waals surface area contributed by atoms with Gasteiger partial charge in [0.2, 0.25) is 0 Å². The molecular weight excluding hydrogens is 402 g/mol. The van der Waals surface area contributed by atoms with E-state index in [1.54, 1.807) is 0 Å². The highest BCUT2D eigenvalue weighted by Crippen LogP contribution is 2.33. The molecule has 0 spiro atoms. The highest BCUT2D eigenvalue weighted by Gasteiger charge is 2.14. The lowest BCUT2D eigenvalue weighted by molar-refractivity contribution is 0.0696. The second kappa shape index (κ2) is 7.30. The van der Waals surface area contributed by atoms with Crippen molar-refractivity contribution in [3.05, 3.63) is 59.7 Å². The Morgan fingerprint density at radius 3 is 2.00 bits per heavy atom. The summed E-state index contributed by atoms with van der Waals surface area (Å²) in [6, 6.07) is 10.0. The van der Waals surface area contributed by atoms with Crippen molar-refractivity contribution in [2.75, 3.05) is 5.73 Å². The molecule has 0 saturated heterocycles. The van der Waals surface area contributed by atoms with E-state index in [1.807, 2.05) is 0 Å². The van der Waals surface area contributed by atoms with Crippen molar-refractivity contribution in [1.82, 2.24) is 0 Å². The summed E-state index contributed by atoms with van der Waals surface area (Å²) in [6.45, 7) is 0. The summed E-state index contributed by atoms with van der Waals surface area (Å²) in [5.41, 5.74) is 5.86. The number of hydrogen-bond donors (Lipinski definition) is 4. The highest BCUT2D eigenvalue weighted by molar-refractivity contribution is 7.85. The zero-order valence-electron chi connectivity index (χ0n) is 14.5. The Labute approximate surface area is 163 Å². The average Bonchev–Trinajstić information content (AvgIpc) is 2.66. The highest BCUT2D eigenvalue weighted by atomic mass is 32.2. The minimum atomic E-state index is -4.43. The van der Waals surface area contributed by atoms with Gasteiger partial charge >= 0.3 is 11.9 Å². The number of carboxylic acid groups (broad SMARTS) is 2. The summed E-state index contributed by atoms with van der Waals surface area (Å²) in [5.74, 6) is -2.64. The van der Waals surface area contributed by atoms with E-state index in [2.05, 4.69) is 10.2 Å². The van der Waals surface area contributed by atoms with Gasteiger partial charge in [0, 0.05) is 16.5 Å². The van der Waals surface area contributed by atoms with E-state index in [0.29, 0.717) is 10.8 Å². The number of carboxylic acids is 2. The van der Waals surface area contributed by atoms with Gasteiger partial charge < -0.3 is 15.9 Å². The third kappa shape index (κ3) is 4.20. The van der Waals surface area contributed by atoms with Crippen LogP contribution in [0.1, 0.15) is 20.7 Å². The fourth-order valence-electron chi connectivity index (χ4n) is 2.61. The van der Waals surface area contributed by atoms with Crippen LogP contribution in [0, 0.1) is 0 Å². The summed E-state index contributed by atoms with van der Waals surface area (Å²) < 4.78 is 31.9. The molecule has 29 heavy (non-hydrogen) atoms. The third-order valence-electron chi connectivity index (χ3n) is 3.98. The van der Waals surface area contributed by atoms with Crippen LogP contribution >= 0.6 is 0 Å². The van der Waals surface area contributed by atoms with Crippen LogP contribution in [0.25, 0.3) is 10.8 Å². The van der Waals surface area contributed by atoms with E-state index < -0.39 is 22.1 Å². The molecular formula is C18H13N3O7S. The lowest BCUT2D eigenvalue weighted by atomic mass is 10.1. The molecule has 0 radical (unpaired) electrons. The lowest BCUT2D eigenvalue weighted by Crippen LogP contribution is -2.01. The van der Waals surface area contributed by atoms with Crippen molar-refractivity contribution in [2.45, 2.75) is 4.90 Å². The number of benzene rings is 3. The predicted molar refractivity (Wildman–Crippen MR) is 103 cm³/mol. The van der Waals surface area contributed by atoms with Gasteiger partial charge in [-0.2, -0.15) is 13.5 Å². The Kier molecular flexibility index (Phi) is 5.01. The van der Waals surface area contributed by atoms with Crippen molar-refractivity contribution in [3.8, 4) is 0 Å². The van der Waals surface area contributed by atoms with Crippen molar-refractivity contribution in [1.29, 1.82) is 0 Å². The number of fused-ring (bicyclic) bond motifs is 1. The third-order valence-corrected chi connectivity index (χ3v) is 4.83. The minimum absolute atomic E-state index is 0.00170. The smallest absolute Gasteiger partial charge is 0.335 e. The van der Waals surface area contributed by atoms with E-state index in [4.69, 9.17) is 15.9 Å². The maximum Gasteiger partial charge on any atom is 0.335 e. The summed E-state index contributed by atoms with van der Waals surface area (Å²) in [7, 11) is -4.43. The summed E-state index contributed by atoms with van der Waals surface area (Å²) in [4.78, 5) is 22.0. The first-order valence-electron chi connectivity index (χ1n) is 7.89. The second-order valence-electron chi connectivity index (χ2n) is 5.94. The van der Waals surface area contributed by atoms with Crippen LogP contribution in [-0.4, -0.2) is 35.1 Å². The summed E-state index contributed by atoms with van der Waals surface area (Å²) in [5, 5.41) is 26.9. The molecule has 3 rings (SSSR count). The van der Waals surface area contributed by atoms with Crippen LogP contribution in [0.15, 0.2) is 63.7 Å². The van der Waals surface area contributed by atoms with Gasteiger partial charge in [-0.1, -0.05) is 6.07 Å². The first kappa shape index (κ1) is 19.9. The van der Waals surface area contributed by atoms with Gasteiger partial charge in [-0.05, 0) is 42.5 Å². The standard InChI is InChI=1S/C18H13N3O7S/c19-15-3-4-16(13-2-1-12(8-14(13)15)29(26,27)28)21-20-11-6-9(17(22)23)5-10(7-11)18(24)25/h1-8H,19H2,(H,22,23)(H,24,25)(H,26,27,28). The van der Waals surface area contributed by atoms with Gasteiger partial charge in [0.15, 0.2) is 0 Å². The van der Waals surface area contributed by atoms with Crippen LogP contribution in [0.4, 0.5) is 17.1 Å². The first-order valence-corrected chi connectivity index (χ1v) is 9.33. The number of anilines is 1. The molecule has 0 atom stereocenters. The van der Waals surface area contributed by atoms with E-state index in [1.165, 1.54) is 30.3 Å². The van der Waals surface area contributed by atoms with Gasteiger partial charge in [0.25, 0.3) is 10.1 Å². The van der Waals surface area contributed by atoms with Crippen LogP contribution in [0.5, 0.6) is 0 Å². The molecule has 10 nitrogen and oxygen atoms in total. The van der Waals surface area contributed by atoms with Crippen LogP contribution in [-0.2, 0) is 10.1 Å². The van der Waals surface area contributed by atoms with Crippen molar-refractivity contribution >= 4 is 49.9 Å². The van der Waals surface area contributed by atoms with E-state index in [0.717, 1.165) is 18.2 Å². The van der Waals surface area contributed by atoms with Crippen LogP contribution in [0.2, 0.25) is 0 Å². The molecule has 0 bridgehead atoms. The Morgan fingerprint density at radius 2 is 1.45 bits per heavy atom. The predicted octanol–water partition coefficient (Wildman–Crippen LogP) is 3.48. The minimum Gasteiger partial charge on any atom is -0.478 e. The Hall–Kier alpha value is -3.83. The van der Waals surface area contributed by atoms with E-state index in [-0.39, 0.29) is 33.1 Å². The molecule has 0 fully saturated rings. The van der Waals surface area contributed by atoms with Gasteiger partial charge in [0.1, 0.15) is 0 Å². The topological polar surface area (TPSA) is 180 Å². The van der Waals surface area contributed by atoms with Crippen molar-refractivity contribution < 1.29 is 32.8 Å². The maximum absolute atomic E-state index is 11.3. The van der Waals surface area contributed by atoms with Gasteiger partial charge in [0.05, 0.1) is 27.4 Å². The Morgan fingerprint density at radius 1 is 0.828 bits per heavy atom. The quantitative estimate of drug-likeness (QED) is 0.277. The number of nitrogen functional groups attached to an aromatic ring is 1. The Balaban J connectivity index is 2.11. The van der Waals surface area contributed by atoms with Gasteiger partial charge in [-0.15, -0.1) is 5.11 Å². The van der Waals surface area contributed by atoms with Crippen LogP contribution < -0.4 is 5.73 Å². The molecule has 148 valence electrons. The van der Waals surface area contributed by atoms with Crippen molar-refractivity contribution in [3.63, 3.8) is 0 Å². The van der Waals surface area contributed by atoms with Gasteiger partial charge in [-0.25, -0.2) is 9.59 Å². The molecule has 0 aliphatic carbocycles. The second-order valence-corrected chi connectivity index (χ2v) is 7.36. The number of rotatable bonds is 5. The number of nitrogens with zero attached hydrogens (tertiary/aromatic N) is 2. The number of nitrogens with two attached hydrogens (primary N) is 1. The zero-order chi connectivity index (χ0) is 21.3. The van der Waals surface area contributed by atoms with E-state index >= 15 is 0 Å². The Bertz CT molecular complexity index is 1270. The fourth-order valence-corrected chi connectivity index (χ4v) is 3.12. The summed E-state index contributed by atoms with van der Waals surface area (Å²) in [6.07, 6.45) is 0. The number of azo groups is 1. The monoisotopic (exact) mass is 415 g/mol. The molecule has 0 aromatic heterocycles. The maximum atomic E-state index is 11.3. The molecule has 0 aliphatic rings. The summed E-state index contributed by atoms with van der Waals surface area (Å²) >= 11 is 0. The molecule has 0 saturated carbocycles. The molecule has 0 heterocycles. The van der Waals surface area contributed by atoms with Crippen LogP contribution in [0.3, 0.4) is 0 Å². The average molecular weight is 415 g/mol. The van der Waals surface area contributed by atoms with Gasteiger partial charge in [-0.3, -0.25) is 4.55 Å².